The van der Waals surface area contributed by atoms with E-state index in [0.29, 0.717) is 12.2 Å². The molecule has 1 atom stereocenters. The van der Waals surface area contributed by atoms with E-state index >= 15 is 0 Å². The highest BCUT2D eigenvalue weighted by molar-refractivity contribution is 9.10. The van der Waals surface area contributed by atoms with E-state index in [2.05, 4.69) is 15.9 Å². The molecular formula is C13H13BrO3. The van der Waals surface area contributed by atoms with Crippen LogP contribution in [0.1, 0.15) is 17.2 Å². The molecule has 0 bridgehead atoms. The van der Waals surface area contributed by atoms with Gasteiger partial charge in [-0.15, -0.1) is 0 Å². The molecule has 0 saturated heterocycles. The third-order valence-electron chi connectivity index (χ3n) is 2.56. The molecule has 90 valence electrons. The van der Waals surface area contributed by atoms with E-state index in [1.54, 1.807) is 19.6 Å². The Morgan fingerprint density at radius 1 is 1.41 bits per heavy atom. The van der Waals surface area contributed by atoms with Crippen LogP contribution in [-0.2, 0) is 6.42 Å². The molecule has 17 heavy (non-hydrogen) atoms. The molecule has 1 heterocycles. The molecule has 0 aliphatic heterocycles. The summed E-state index contributed by atoms with van der Waals surface area (Å²) in [6, 6.07) is 7.42. The zero-order chi connectivity index (χ0) is 12.3. The quantitative estimate of drug-likeness (QED) is 0.941. The zero-order valence-electron chi connectivity index (χ0n) is 9.39. The molecule has 0 radical (unpaired) electrons. The van der Waals surface area contributed by atoms with Crippen LogP contribution in [0.3, 0.4) is 0 Å². The van der Waals surface area contributed by atoms with E-state index in [0.717, 1.165) is 15.6 Å². The lowest BCUT2D eigenvalue weighted by Gasteiger charge is -2.14. The molecular weight excluding hydrogens is 284 g/mol. The molecule has 0 aliphatic carbocycles. The molecule has 0 amide bonds. The van der Waals surface area contributed by atoms with Crippen molar-refractivity contribution in [2.45, 2.75) is 12.5 Å². The second-order valence-corrected chi connectivity index (χ2v) is 4.65. The standard InChI is InChI=1S/C13H13BrO3/c1-16-13-3-2-10(14)7-11(13)12(15)6-9-4-5-17-8-9/h2-5,7-8,12,15H,6H2,1H3. The van der Waals surface area contributed by atoms with Gasteiger partial charge in [0.2, 0.25) is 0 Å². The minimum atomic E-state index is -0.611. The van der Waals surface area contributed by atoms with Gasteiger partial charge in [-0.2, -0.15) is 0 Å². The molecule has 0 fully saturated rings. The van der Waals surface area contributed by atoms with Crippen molar-refractivity contribution in [3.63, 3.8) is 0 Å². The van der Waals surface area contributed by atoms with Crippen molar-refractivity contribution >= 4 is 15.9 Å². The van der Waals surface area contributed by atoms with E-state index in [4.69, 9.17) is 9.15 Å². The maximum absolute atomic E-state index is 10.2. The van der Waals surface area contributed by atoms with Crippen LogP contribution in [0.5, 0.6) is 5.75 Å². The molecule has 4 heteroatoms. The monoisotopic (exact) mass is 296 g/mol. The number of rotatable bonds is 4. The van der Waals surface area contributed by atoms with Crippen LogP contribution in [0.2, 0.25) is 0 Å². The lowest BCUT2D eigenvalue weighted by Crippen LogP contribution is -2.03. The predicted molar refractivity (Wildman–Crippen MR) is 68.1 cm³/mol. The Balaban J connectivity index is 2.23. The molecule has 0 saturated carbocycles. The zero-order valence-corrected chi connectivity index (χ0v) is 11.0. The molecule has 1 unspecified atom stereocenters. The maximum atomic E-state index is 10.2. The van der Waals surface area contributed by atoms with Crippen LogP contribution in [0, 0.1) is 0 Å². The number of hydrogen-bond donors (Lipinski definition) is 1. The average Bonchev–Trinajstić information content (AvgIpc) is 2.81. The molecule has 0 spiro atoms. The highest BCUT2D eigenvalue weighted by Crippen LogP contribution is 2.30. The molecule has 1 N–H and O–H groups in total. The van der Waals surface area contributed by atoms with Crippen molar-refractivity contribution < 1.29 is 14.3 Å². The van der Waals surface area contributed by atoms with Gasteiger partial charge in [-0.3, -0.25) is 0 Å². The fourth-order valence-corrected chi connectivity index (χ4v) is 2.09. The first-order valence-corrected chi connectivity index (χ1v) is 6.02. The van der Waals surface area contributed by atoms with Crippen LogP contribution in [0.15, 0.2) is 45.7 Å². The van der Waals surface area contributed by atoms with Crippen molar-refractivity contribution in [2.24, 2.45) is 0 Å². The summed E-state index contributed by atoms with van der Waals surface area (Å²) in [5.74, 6) is 0.684. The number of halogens is 1. The molecule has 1 aromatic heterocycles. The first kappa shape index (κ1) is 12.2. The molecule has 3 nitrogen and oxygen atoms in total. The van der Waals surface area contributed by atoms with Gasteiger partial charge in [0.15, 0.2) is 0 Å². The minimum Gasteiger partial charge on any atom is -0.496 e. The number of methoxy groups -OCH3 is 1. The van der Waals surface area contributed by atoms with Crippen molar-refractivity contribution in [1.29, 1.82) is 0 Å². The molecule has 2 rings (SSSR count). The third-order valence-corrected chi connectivity index (χ3v) is 3.05. The van der Waals surface area contributed by atoms with E-state index in [1.807, 2.05) is 24.3 Å². The summed E-state index contributed by atoms with van der Waals surface area (Å²) >= 11 is 3.39. The van der Waals surface area contributed by atoms with Crippen LogP contribution >= 0.6 is 15.9 Å². The van der Waals surface area contributed by atoms with Gasteiger partial charge < -0.3 is 14.3 Å². The average molecular weight is 297 g/mol. The summed E-state index contributed by atoms with van der Waals surface area (Å²) in [5, 5.41) is 10.2. The predicted octanol–water partition coefficient (Wildman–Crippen LogP) is 3.33. The number of furan rings is 1. The van der Waals surface area contributed by atoms with Crippen molar-refractivity contribution in [1.82, 2.24) is 0 Å². The highest BCUT2D eigenvalue weighted by Gasteiger charge is 2.14. The van der Waals surface area contributed by atoms with Gasteiger partial charge in [0.1, 0.15) is 5.75 Å². The van der Waals surface area contributed by atoms with Crippen molar-refractivity contribution in [3.05, 3.63) is 52.4 Å². The topological polar surface area (TPSA) is 42.6 Å². The number of aliphatic hydroxyl groups is 1. The van der Waals surface area contributed by atoms with Crippen LogP contribution in [0.4, 0.5) is 0 Å². The first-order valence-electron chi connectivity index (χ1n) is 5.23. The van der Waals surface area contributed by atoms with Crippen LogP contribution in [-0.4, -0.2) is 12.2 Å². The molecule has 2 aromatic rings. The smallest absolute Gasteiger partial charge is 0.124 e. The second kappa shape index (κ2) is 5.38. The summed E-state index contributed by atoms with van der Waals surface area (Å²) < 4.78 is 11.1. The first-order chi connectivity index (χ1) is 8.20. The number of hydrogen-bond acceptors (Lipinski definition) is 3. The Labute approximate surface area is 108 Å². The number of benzene rings is 1. The summed E-state index contributed by atoms with van der Waals surface area (Å²) in [5.41, 5.74) is 1.72. The number of aliphatic hydroxyl groups excluding tert-OH is 1. The molecule has 1 aromatic carbocycles. The summed E-state index contributed by atoms with van der Waals surface area (Å²) in [7, 11) is 1.59. The Morgan fingerprint density at radius 3 is 2.88 bits per heavy atom. The summed E-state index contributed by atoms with van der Waals surface area (Å²) in [6.07, 6.45) is 3.12. The van der Waals surface area contributed by atoms with Crippen molar-refractivity contribution in [3.8, 4) is 5.75 Å². The van der Waals surface area contributed by atoms with Crippen LogP contribution in [0.25, 0.3) is 0 Å². The fourth-order valence-electron chi connectivity index (χ4n) is 1.71. The van der Waals surface area contributed by atoms with E-state index < -0.39 is 6.10 Å². The van der Waals surface area contributed by atoms with Crippen molar-refractivity contribution in [2.75, 3.05) is 7.11 Å². The molecule has 0 aliphatic rings. The van der Waals surface area contributed by atoms with E-state index in [-0.39, 0.29) is 0 Å². The Morgan fingerprint density at radius 2 is 2.24 bits per heavy atom. The maximum Gasteiger partial charge on any atom is 0.124 e. The van der Waals surface area contributed by atoms with Gasteiger partial charge in [0.25, 0.3) is 0 Å². The second-order valence-electron chi connectivity index (χ2n) is 3.74. The van der Waals surface area contributed by atoms with Gasteiger partial charge in [-0.25, -0.2) is 0 Å². The van der Waals surface area contributed by atoms with Gasteiger partial charge in [-0.05, 0) is 29.8 Å². The lowest BCUT2D eigenvalue weighted by atomic mass is 10.0. The lowest BCUT2D eigenvalue weighted by molar-refractivity contribution is 0.173. The van der Waals surface area contributed by atoms with Gasteiger partial charge >= 0.3 is 0 Å². The Kier molecular flexibility index (Phi) is 3.86. The van der Waals surface area contributed by atoms with Gasteiger partial charge in [-0.1, -0.05) is 15.9 Å². The number of ether oxygens (including phenoxy) is 1. The SMILES string of the molecule is COc1ccc(Br)cc1C(O)Cc1ccoc1. The minimum absolute atomic E-state index is 0.503. The highest BCUT2D eigenvalue weighted by atomic mass is 79.9. The Bertz CT molecular complexity index is 479. The van der Waals surface area contributed by atoms with E-state index in [9.17, 15) is 5.11 Å². The van der Waals surface area contributed by atoms with Gasteiger partial charge in [0.05, 0.1) is 25.7 Å². The van der Waals surface area contributed by atoms with Crippen LogP contribution < -0.4 is 4.74 Å². The van der Waals surface area contributed by atoms with E-state index in [1.165, 1.54) is 0 Å². The summed E-state index contributed by atoms with van der Waals surface area (Å²) in [4.78, 5) is 0. The normalized spacial score (nSPS) is 12.4. The fraction of sp³-hybridized carbons (Fsp3) is 0.231. The third kappa shape index (κ3) is 2.90. The van der Waals surface area contributed by atoms with Gasteiger partial charge in [0, 0.05) is 16.5 Å². The largest absolute Gasteiger partial charge is 0.496 e. The Hall–Kier alpha value is -1.26. The summed E-state index contributed by atoms with van der Waals surface area (Å²) in [6.45, 7) is 0.